The Morgan fingerprint density at radius 2 is 0.504 bits per heavy atom. The van der Waals surface area contributed by atoms with Gasteiger partial charge in [-0.25, -0.2) is 46.3 Å². The molecule has 0 aliphatic carbocycles. The third-order valence-electron chi connectivity index (χ3n) is 23.5. The molecule has 0 radical (unpaired) electrons. The first-order chi connectivity index (χ1) is 60.9. The number of halogens is 4. The summed E-state index contributed by atoms with van der Waals surface area (Å²) in [6.07, 6.45) is 7.73. The van der Waals surface area contributed by atoms with Crippen molar-refractivity contribution in [3.8, 4) is 0 Å². The Morgan fingerprint density at radius 3 is 0.764 bits per heavy atom. The molecule has 12 N–H and O–H groups in total. The molecule has 0 amide bonds. The van der Waals surface area contributed by atoms with E-state index in [4.69, 9.17) is 0 Å². The van der Waals surface area contributed by atoms with Crippen LogP contribution in [0.2, 0.25) is 0 Å². The zero-order chi connectivity index (χ0) is 90.8. The minimum absolute atomic E-state index is 0.110. The molecule has 6 aliphatic rings. The standard InChI is InChI=1S/2C16H18FN3O2.C16H19N3O2.2C15H16FN3O2.C15H17N3O2/c1-9(2)20-15(21)12-6-7-13(18-14(12)19-16(20)22)10-4-3-5-11(17)8-10;1-9(2)20-15(21)11-7-8-13(18-14(11)19-16(20)22)10-5-3-4-6-12(10)17;1-10(2)19-15(20)12-8-9-13(11-6-4-3-5-7-11)17-14(12)18-16(19)21;1-2-19-14(20)11-6-7-12(17-13(11)18-15(19)21)9-4-3-5-10(16)8-9;1-2-19-14(20)10-7-8-12(17-13(10)18-15(19)21)9-5-3-4-6-11(9)16;1-2-18-14(19)11-8-9-12(10-6-4-3-5-7-10)16-13(11)17-15(18)20/h3-5,8-9,13,18H,6-7H2,1-2H3,(H,19,22);3-6,9,13,18H,7-8H2,1-2H3,(H,19,22);3-7,10,13,17H,8-9H2,1-2H3,(H,18,21);3-5,8,12,17H,2,6-7H2,1H3,(H,18,21);3-6,12,17H,2,7-8H2,1H3,(H,18,21);3-7,12,16H,2,8-9H2,1H3,(H,17,20)/t3*13-;3*12-/m111111/s1. The molecule has 666 valence electrons. The van der Waals surface area contributed by atoms with Gasteiger partial charge < -0.3 is 31.9 Å². The molecule has 0 saturated heterocycles. The minimum atomic E-state index is -0.444. The topological polar surface area (TPSA) is 401 Å². The Labute approximate surface area is 724 Å². The van der Waals surface area contributed by atoms with Crippen LogP contribution >= 0.6 is 0 Å². The van der Waals surface area contributed by atoms with Crippen LogP contribution in [0.1, 0.15) is 222 Å². The van der Waals surface area contributed by atoms with Crippen molar-refractivity contribution in [1.29, 1.82) is 0 Å². The smallest absolute Gasteiger partial charge is 0.330 e. The van der Waals surface area contributed by atoms with E-state index in [1.54, 1.807) is 97.0 Å². The number of aromatic amines is 6. The predicted molar refractivity (Wildman–Crippen MR) is 483 cm³/mol. The molecular formula is C93H104F4N18O12. The number of nitrogens with one attached hydrogen (secondary N) is 12. The fourth-order valence-corrected chi connectivity index (χ4v) is 17.0. The Balaban J connectivity index is 0.000000130. The molecule has 30 nitrogen and oxygen atoms in total. The maximum Gasteiger partial charge on any atom is 0.330 e. The monoisotopic (exact) mass is 1740 g/mol. The lowest BCUT2D eigenvalue weighted by atomic mass is 9.95. The normalized spacial score (nSPS) is 17.2. The highest BCUT2D eigenvalue weighted by atomic mass is 19.1. The summed E-state index contributed by atoms with van der Waals surface area (Å²) in [7, 11) is 0. The fourth-order valence-electron chi connectivity index (χ4n) is 17.0. The van der Waals surface area contributed by atoms with Crippen molar-refractivity contribution in [3.63, 3.8) is 0 Å². The molecule has 18 rings (SSSR count). The van der Waals surface area contributed by atoms with Crippen LogP contribution in [0, 0.1) is 23.3 Å². The molecule has 0 unspecified atom stereocenters. The number of anilines is 6. The summed E-state index contributed by atoms with van der Waals surface area (Å²) in [5.74, 6) is 1.70. The lowest BCUT2D eigenvalue weighted by Gasteiger charge is -2.27. The summed E-state index contributed by atoms with van der Waals surface area (Å²) < 4.78 is 61.7. The van der Waals surface area contributed by atoms with Gasteiger partial charge in [0.15, 0.2) is 0 Å². The molecule has 6 aliphatic heterocycles. The van der Waals surface area contributed by atoms with Crippen LogP contribution in [0.5, 0.6) is 0 Å². The van der Waals surface area contributed by atoms with Crippen molar-refractivity contribution in [2.45, 2.75) is 213 Å². The van der Waals surface area contributed by atoms with Gasteiger partial charge in [-0.15, -0.1) is 0 Å². The third kappa shape index (κ3) is 20.0. The quantitative estimate of drug-likeness (QED) is 0.0506. The first-order valence-corrected chi connectivity index (χ1v) is 42.9. The second-order valence-electron chi connectivity index (χ2n) is 32.5. The zero-order valence-corrected chi connectivity index (χ0v) is 71.9. The summed E-state index contributed by atoms with van der Waals surface area (Å²) in [5, 5.41) is 19.0. The molecule has 12 aromatic rings. The van der Waals surface area contributed by atoms with Crippen LogP contribution in [-0.2, 0) is 58.2 Å². The van der Waals surface area contributed by atoms with Crippen molar-refractivity contribution in [3.05, 3.63) is 373 Å². The van der Waals surface area contributed by atoms with E-state index >= 15 is 0 Å². The average Bonchev–Trinajstić information content (AvgIpc) is 0.795. The summed E-state index contributed by atoms with van der Waals surface area (Å²) in [4.78, 5) is 162. The Bertz CT molecular complexity index is 6820. The fraction of sp³-hybridized carbons (Fsp3) is 0.355. The minimum Gasteiger partial charge on any atom is -0.364 e. The molecule has 12 heterocycles. The molecule has 6 aromatic carbocycles. The molecule has 6 atom stereocenters. The molecule has 6 aromatic heterocycles. The highest BCUT2D eigenvalue weighted by molar-refractivity contribution is 5.54. The van der Waals surface area contributed by atoms with Gasteiger partial charge >= 0.3 is 34.1 Å². The predicted octanol–water partition coefficient (Wildman–Crippen LogP) is 12.2. The largest absolute Gasteiger partial charge is 0.364 e. The highest BCUT2D eigenvalue weighted by Crippen LogP contribution is 2.36. The maximum absolute atomic E-state index is 13.9. The average molecular weight is 1740 g/mol. The first-order valence-electron chi connectivity index (χ1n) is 42.9. The van der Waals surface area contributed by atoms with Crippen LogP contribution in [0.15, 0.2) is 215 Å². The number of hydrogen-bond donors (Lipinski definition) is 12. The van der Waals surface area contributed by atoms with Gasteiger partial charge in [-0.2, -0.15) is 0 Å². The van der Waals surface area contributed by atoms with E-state index in [1.807, 2.05) is 74.5 Å². The van der Waals surface area contributed by atoms with Crippen LogP contribution < -0.4 is 99.4 Å². The van der Waals surface area contributed by atoms with Gasteiger partial charge in [-0.05, 0) is 198 Å². The number of rotatable bonds is 12. The van der Waals surface area contributed by atoms with Crippen molar-refractivity contribution >= 4 is 34.9 Å². The van der Waals surface area contributed by atoms with E-state index in [-0.39, 0.29) is 122 Å². The second kappa shape index (κ2) is 39.8. The van der Waals surface area contributed by atoms with Gasteiger partial charge in [0.05, 0.1) is 69.6 Å². The van der Waals surface area contributed by atoms with E-state index in [2.05, 4.69) is 73.9 Å². The highest BCUT2D eigenvalue weighted by Gasteiger charge is 2.32. The molecule has 0 spiro atoms. The SMILES string of the molecule is CC(C)n1c(=O)[nH]c2c(c1=O)CC[C@H](c1cccc(F)c1)N2.CC(C)n1c(=O)[nH]c2c(c1=O)CC[C@H](c1ccccc1)N2.CC(C)n1c(=O)[nH]c2c(c1=O)CC[C@H](c1ccccc1F)N2.CCn1c(=O)[nH]c2c(c1=O)CC[C@H](c1cccc(F)c1)N2.CCn1c(=O)[nH]c2c(c1=O)CC[C@H](c1ccccc1)N2.CCn1c(=O)[nH]c2c(c1=O)CC[C@H](c1ccccc1F)N2. The lowest BCUT2D eigenvalue weighted by Crippen LogP contribution is -2.41. The van der Waals surface area contributed by atoms with Crippen molar-refractivity contribution in [2.75, 3.05) is 31.9 Å². The van der Waals surface area contributed by atoms with Gasteiger partial charge in [0, 0.05) is 48.9 Å². The van der Waals surface area contributed by atoms with Gasteiger partial charge in [-0.3, -0.25) is 86.1 Å². The van der Waals surface area contributed by atoms with Crippen molar-refractivity contribution in [2.24, 2.45) is 0 Å². The van der Waals surface area contributed by atoms with Crippen molar-refractivity contribution < 1.29 is 17.6 Å². The number of fused-ring (bicyclic) bond motifs is 6. The zero-order valence-electron chi connectivity index (χ0n) is 71.9. The lowest BCUT2D eigenvalue weighted by molar-refractivity contribution is 0.525. The molecule has 34 heteroatoms. The number of aromatic nitrogens is 12. The maximum atomic E-state index is 13.9. The molecule has 0 bridgehead atoms. The Kier molecular flexibility index (Phi) is 28.4. The number of H-pyrrole nitrogens is 6. The Morgan fingerprint density at radius 1 is 0.276 bits per heavy atom. The van der Waals surface area contributed by atoms with E-state index in [9.17, 15) is 75.1 Å². The Hall–Kier alpha value is -14.1. The van der Waals surface area contributed by atoms with E-state index in [1.165, 1.54) is 69.4 Å². The van der Waals surface area contributed by atoms with E-state index in [0.29, 0.717) is 163 Å². The van der Waals surface area contributed by atoms with Crippen LogP contribution in [0.4, 0.5) is 52.5 Å². The summed E-state index contributed by atoms with van der Waals surface area (Å²) in [6.45, 7) is 17.2. The third-order valence-corrected chi connectivity index (χ3v) is 23.5. The van der Waals surface area contributed by atoms with Gasteiger partial charge in [0.2, 0.25) is 0 Å². The van der Waals surface area contributed by atoms with Crippen LogP contribution in [0.3, 0.4) is 0 Å². The van der Waals surface area contributed by atoms with Crippen LogP contribution in [0.25, 0.3) is 0 Å². The molecule has 0 saturated carbocycles. The number of benzene rings is 6. The van der Waals surface area contributed by atoms with E-state index in [0.717, 1.165) is 29.5 Å². The van der Waals surface area contributed by atoms with E-state index < -0.39 is 22.8 Å². The summed E-state index contributed by atoms with van der Waals surface area (Å²) in [5.41, 5.74) is 4.85. The molecule has 0 fully saturated rings. The molecular weight excluding hydrogens is 1640 g/mol. The number of hydrogen-bond acceptors (Lipinski definition) is 18. The van der Waals surface area contributed by atoms with Gasteiger partial charge in [-0.1, -0.05) is 121 Å². The molecule has 127 heavy (non-hydrogen) atoms. The van der Waals surface area contributed by atoms with Gasteiger partial charge in [0.1, 0.15) is 58.2 Å². The van der Waals surface area contributed by atoms with Gasteiger partial charge in [0.25, 0.3) is 33.4 Å². The van der Waals surface area contributed by atoms with Crippen molar-refractivity contribution in [1.82, 2.24) is 57.3 Å². The summed E-state index contributed by atoms with van der Waals surface area (Å²) in [6, 6.07) is 44.9. The number of nitrogens with zero attached hydrogens (tertiary/aromatic N) is 6. The second-order valence-corrected chi connectivity index (χ2v) is 32.5. The summed E-state index contributed by atoms with van der Waals surface area (Å²) >= 11 is 0. The first kappa shape index (κ1) is 90.6. The van der Waals surface area contributed by atoms with Crippen LogP contribution in [-0.4, -0.2) is 57.3 Å².